The summed E-state index contributed by atoms with van der Waals surface area (Å²) in [5.74, 6) is 0.221. The van der Waals surface area contributed by atoms with Gasteiger partial charge in [-0.3, -0.25) is 14.2 Å². The van der Waals surface area contributed by atoms with E-state index in [2.05, 4.69) is 20.5 Å². The average molecular weight is 314 g/mol. The minimum Gasteiger partial charge on any atom is -0.339 e. The molecule has 1 saturated heterocycles. The molecule has 3 rings (SSSR count). The molecule has 0 spiro atoms. The second-order valence-corrected chi connectivity index (χ2v) is 5.80. The van der Waals surface area contributed by atoms with Crippen molar-refractivity contribution >= 4 is 17.5 Å². The maximum Gasteiger partial charge on any atom is 0.229 e. The van der Waals surface area contributed by atoms with E-state index in [1.807, 2.05) is 13.8 Å². The van der Waals surface area contributed by atoms with Gasteiger partial charge in [-0.2, -0.15) is 0 Å². The fraction of sp³-hybridized carbons (Fsp3) is 0.400. The van der Waals surface area contributed by atoms with E-state index in [4.69, 9.17) is 0 Å². The van der Waals surface area contributed by atoms with Gasteiger partial charge in [0.15, 0.2) is 0 Å². The number of nitrogens with one attached hydrogen (secondary N) is 1. The number of anilines is 1. The zero-order chi connectivity index (χ0) is 16.4. The highest BCUT2D eigenvalue weighted by Gasteiger charge is 2.35. The molecule has 0 radical (unpaired) electrons. The lowest BCUT2D eigenvalue weighted by Crippen LogP contribution is -2.33. The first-order valence-electron chi connectivity index (χ1n) is 7.46. The van der Waals surface area contributed by atoms with Crippen LogP contribution in [0.5, 0.6) is 0 Å². The molecule has 1 aliphatic rings. The summed E-state index contributed by atoms with van der Waals surface area (Å²) < 4.78 is 1.67. The third-order valence-corrected chi connectivity index (χ3v) is 3.85. The van der Waals surface area contributed by atoms with Gasteiger partial charge in [-0.15, -0.1) is 10.2 Å². The Balaban J connectivity index is 1.63. The molecular formula is C15H18N6O2. The highest BCUT2D eigenvalue weighted by atomic mass is 16.2. The van der Waals surface area contributed by atoms with Crippen LogP contribution in [0.3, 0.4) is 0 Å². The monoisotopic (exact) mass is 314 g/mol. The van der Waals surface area contributed by atoms with E-state index in [-0.39, 0.29) is 30.2 Å². The Bertz CT molecular complexity index is 695. The first-order valence-corrected chi connectivity index (χ1v) is 7.46. The number of amides is 2. The van der Waals surface area contributed by atoms with Crippen LogP contribution in [-0.4, -0.2) is 49.0 Å². The summed E-state index contributed by atoms with van der Waals surface area (Å²) in [5, 5.41) is 10.2. The summed E-state index contributed by atoms with van der Waals surface area (Å²) in [5.41, 5.74) is 0.599. The van der Waals surface area contributed by atoms with Crippen LogP contribution in [0.2, 0.25) is 0 Å². The number of likely N-dealkylation sites (tertiary alicyclic amines) is 1. The number of rotatable bonds is 4. The zero-order valence-electron chi connectivity index (χ0n) is 13.0. The maximum atomic E-state index is 12.3. The minimum atomic E-state index is -0.317. The maximum absolute atomic E-state index is 12.3. The SMILES string of the molecule is CC(C)N1CC(C(=O)Nc2ccc(-n3cnnc3)nc2)CC1=O. The van der Waals surface area contributed by atoms with E-state index < -0.39 is 0 Å². The van der Waals surface area contributed by atoms with Gasteiger partial charge < -0.3 is 10.2 Å². The van der Waals surface area contributed by atoms with Crippen molar-refractivity contribution in [3.8, 4) is 5.82 Å². The molecule has 2 aromatic heterocycles. The summed E-state index contributed by atoms with van der Waals surface area (Å²) in [6, 6.07) is 3.64. The Hall–Kier alpha value is -2.77. The van der Waals surface area contributed by atoms with Gasteiger partial charge in [0.25, 0.3) is 0 Å². The van der Waals surface area contributed by atoms with Crippen molar-refractivity contribution in [3.63, 3.8) is 0 Å². The van der Waals surface area contributed by atoms with E-state index in [0.29, 0.717) is 18.1 Å². The number of carbonyl (C=O) groups excluding carboxylic acids is 2. The minimum absolute atomic E-state index is 0.0289. The van der Waals surface area contributed by atoms with Crippen molar-refractivity contribution in [3.05, 3.63) is 31.0 Å². The average Bonchev–Trinajstić information content (AvgIpc) is 3.17. The van der Waals surface area contributed by atoms with E-state index in [1.54, 1.807) is 40.5 Å². The number of hydrogen-bond acceptors (Lipinski definition) is 5. The molecule has 23 heavy (non-hydrogen) atoms. The lowest BCUT2D eigenvalue weighted by atomic mass is 10.1. The highest BCUT2D eigenvalue weighted by molar-refractivity contribution is 5.97. The summed E-state index contributed by atoms with van der Waals surface area (Å²) in [4.78, 5) is 30.2. The second kappa shape index (κ2) is 6.15. The molecule has 1 N–H and O–H groups in total. The van der Waals surface area contributed by atoms with E-state index in [9.17, 15) is 9.59 Å². The number of aromatic nitrogens is 4. The molecule has 8 nitrogen and oxygen atoms in total. The van der Waals surface area contributed by atoms with Gasteiger partial charge in [0, 0.05) is 19.0 Å². The lowest BCUT2D eigenvalue weighted by molar-refractivity contribution is -0.129. The number of pyridine rings is 1. The van der Waals surface area contributed by atoms with Crippen LogP contribution in [0, 0.1) is 5.92 Å². The van der Waals surface area contributed by atoms with Crippen LogP contribution in [0.1, 0.15) is 20.3 Å². The molecule has 2 amide bonds. The normalized spacial score (nSPS) is 17.8. The Kier molecular flexibility index (Phi) is 4.05. The van der Waals surface area contributed by atoms with E-state index >= 15 is 0 Å². The number of nitrogens with zero attached hydrogens (tertiary/aromatic N) is 5. The molecule has 1 atom stereocenters. The lowest BCUT2D eigenvalue weighted by Gasteiger charge is -2.20. The largest absolute Gasteiger partial charge is 0.339 e. The zero-order valence-corrected chi connectivity index (χ0v) is 13.0. The molecule has 0 aliphatic carbocycles. The first kappa shape index (κ1) is 15.1. The standard InChI is InChI=1S/C15H18N6O2/c1-10(2)21-7-11(5-14(21)22)15(23)19-12-3-4-13(16-6-12)20-8-17-18-9-20/h3-4,6,8-11H,5,7H2,1-2H3,(H,19,23). The summed E-state index contributed by atoms with van der Waals surface area (Å²) in [6.07, 6.45) is 4.93. The third-order valence-electron chi connectivity index (χ3n) is 3.85. The predicted octanol–water partition coefficient (Wildman–Crippen LogP) is 0.858. The number of hydrogen-bond donors (Lipinski definition) is 1. The molecule has 0 bridgehead atoms. The van der Waals surface area contributed by atoms with E-state index in [0.717, 1.165) is 0 Å². The van der Waals surface area contributed by atoms with Crippen molar-refractivity contribution in [1.82, 2.24) is 24.6 Å². The Morgan fingerprint density at radius 2 is 2.04 bits per heavy atom. The molecule has 0 saturated carbocycles. The van der Waals surface area contributed by atoms with Gasteiger partial charge in [0.2, 0.25) is 11.8 Å². The predicted molar refractivity (Wildman–Crippen MR) is 82.7 cm³/mol. The van der Waals surface area contributed by atoms with E-state index in [1.165, 1.54) is 0 Å². The van der Waals surface area contributed by atoms with Gasteiger partial charge in [0.05, 0.1) is 17.8 Å². The molecular weight excluding hydrogens is 296 g/mol. The van der Waals surface area contributed by atoms with Crippen LogP contribution >= 0.6 is 0 Å². The van der Waals surface area contributed by atoms with Crippen molar-refractivity contribution in [2.75, 3.05) is 11.9 Å². The van der Waals surface area contributed by atoms with Gasteiger partial charge in [0.1, 0.15) is 18.5 Å². The third kappa shape index (κ3) is 3.20. The van der Waals surface area contributed by atoms with Crippen LogP contribution in [0.15, 0.2) is 31.0 Å². The van der Waals surface area contributed by atoms with Crippen LogP contribution in [0.4, 0.5) is 5.69 Å². The fourth-order valence-electron chi connectivity index (χ4n) is 2.58. The van der Waals surface area contributed by atoms with Gasteiger partial charge in [-0.25, -0.2) is 4.98 Å². The fourth-order valence-corrected chi connectivity index (χ4v) is 2.58. The Morgan fingerprint density at radius 3 is 2.61 bits per heavy atom. The van der Waals surface area contributed by atoms with Crippen LogP contribution < -0.4 is 5.32 Å². The molecule has 120 valence electrons. The topological polar surface area (TPSA) is 93.0 Å². The number of carbonyl (C=O) groups is 2. The van der Waals surface area contributed by atoms with Gasteiger partial charge in [-0.1, -0.05) is 0 Å². The molecule has 2 aromatic rings. The van der Waals surface area contributed by atoms with Crippen LogP contribution in [0.25, 0.3) is 5.82 Å². The molecule has 1 aliphatic heterocycles. The molecule has 0 aromatic carbocycles. The quantitative estimate of drug-likeness (QED) is 0.903. The van der Waals surface area contributed by atoms with Crippen molar-refractivity contribution in [2.45, 2.75) is 26.3 Å². The Labute approximate surface area is 133 Å². The summed E-state index contributed by atoms with van der Waals surface area (Å²) in [6.45, 7) is 4.37. The molecule has 8 heteroatoms. The van der Waals surface area contributed by atoms with Crippen LogP contribution in [-0.2, 0) is 9.59 Å². The first-order chi connectivity index (χ1) is 11.0. The molecule has 3 heterocycles. The second-order valence-electron chi connectivity index (χ2n) is 5.80. The Morgan fingerprint density at radius 1 is 1.30 bits per heavy atom. The van der Waals surface area contributed by atoms with Gasteiger partial charge >= 0.3 is 0 Å². The smallest absolute Gasteiger partial charge is 0.229 e. The van der Waals surface area contributed by atoms with Gasteiger partial charge in [-0.05, 0) is 26.0 Å². The van der Waals surface area contributed by atoms with Crippen molar-refractivity contribution in [1.29, 1.82) is 0 Å². The van der Waals surface area contributed by atoms with Crippen molar-refractivity contribution < 1.29 is 9.59 Å². The molecule has 1 fully saturated rings. The van der Waals surface area contributed by atoms with Crippen molar-refractivity contribution in [2.24, 2.45) is 5.92 Å². The summed E-state index contributed by atoms with van der Waals surface area (Å²) >= 11 is 0. The summed E-state index contributed by atoms with van der Waals surface area (Å²) in [7, 11) is 0. The molecule has 1 unspecified atom stereocenters. The highest BCUT2D eigenvalue weighted by Crippen LogP contribution is 2.21.